The van der Waals surface area contributed by atoms with E-state index in [2.05, 4.69) is 9.97 Å². The molecule has 1 saturated heterocycles. The van der Waals surface area contributed by atoms with Crippen LogP contribution in [0, 0.1) is 0 Å². The summed E-state index contributed by atoms with van der Waals surface area (Å²) in [5, 5.41) is 9.17. The van der Waals surface area contributed by atoms with E-state index in [0.717, 1.165) is 4.90 Å². The number of carbonyl (C=O) groups excluding carboxylic acids is 1. The van der Waals surface area contributed by atoms with Crippen LogP contribution in [-0.2, 0) is 0 Å². The summed E-state index contributed by atoms with van der Waals surface area (Å²) in [4.78, 5) is 21.6. The molecule has 1 fully saturated rings. The van der Waals surface area contributed by atoms with Crippen LogP contribution in [0.1, 0.15) is 16.9 Å². The van der Waals surface area contributed by atoms with Gasteiger partial charge in [0.1, 0.15) is 5.69 Å². The molecule has 0 radical (unpaired) electrons. The number of carbonyl (C=O) groups is 1. The molecule has 7 heteroatoms. The Bertz CT molecular complexity index is 693. The van der Waals surface area contributed by atoms with Crippen molar-refractivity contribution in [2.75, 3.05) is 13.2 Å². The summed E-state index contributed by atoms with van der Waals surface area (Å²) >= 11 is 0. The fourth-order valence-corrected chi connectivity index (χ4v) is 2.51. The van der Waals surface area contributed by atoms with E-state index >= 15 is 0 Å². The molecule has 1 aliphatic heterocycles. The van der Waals surface area contributed by atoms with E-state index < -0.39 is 37.4 Å². The van der Waals surface area contributed by atoms with Gasteiger partial charge < -0.3 is 10.0 Å². The van der Waals surface area contributed by atoms with Crippen molar-refractivity contribution in [2.24, 2.45) is 0 Å². The SMILES string of the molecule is O=C(c1cnc2ccccc2n1)N1CC(F)(F)CC1CO. The van der Waals surface area contributed by atoms with Crippen molar-refractivity contribution in [1.82, 2.24) is 14.9 Å². The molecule has 1 atom stereocenters. The van der Waals surface area contributed by atoms with Gasteiger partial charge in [-0.1, -0.05) is 12.1 Å². The Morgan fingerprint density at radius 2 is 2.10 bits per heavy atom. The third-order valence-electron chi connectivity index (χ3n) is 3.52. The van der Waals surface area contributed by atoms with Gasteiger partial charge in [0.25, 0.3) is 11.8 Å². The number of para-hydroxylation sites is 2. The topological polar surface area (TPSA) is 66.3 Å². The number of alkyl halides is 2. The zero-order valence-corrected chi connectivity index (χ0v) is 11.0. The Labute approximate surface area is 119 Å². The zero-order chi connectivity index (χ0) is 15.0. The predicted molar refractivity (Wildman–Crippen MR) is 71.0 cm³/mol. The fourth-order valence-electron chi connectivity index (χ4n) is 2.51. The molecule has 0 bridgehead atoms. The summed E-state index contributed by atoms with van der Waals surface area (Å²) in [6.07, 6.45) is 0.742. The summed E-state index contributed by atoms with van der Waals surface area (Å²) in [5.74, 6) is -3.61. The second-order valence-corrected chi connectivity index (χ2v) is 5.07. The highest BCUT2D eigenvalue weighted by molar-refractivity contribution is 5.94. The standard InChI is InChI=1S/C14H13F2N3O2/c15-14(16)5-9(7-20)19(8-14)13(21)12-6-17-10-3-1-2-4-11(10)18-12/h1-4,6,9,20H,5,7-8H2. The van der Waals surface area contributed by atoms with Crippen LogP contribution in [0.25, 0.3) is 11.0 Å². The van der Waals surface area contributed by atoms with Crippen LogP contribution in [0.3, 0.4) is 0 Å². The van der Waals surface area contributed by atoms with E-state index in [0.29, 0.717) is 11.0 Å². The van der Waals surface area contributed by atoms with Crippen molar-refractivity contribution < 1.29 is 18.7 Å². The highest BCUT2D eigenvalue weighted by Crippen LogP contribution is 2.32. The van der Waals surface area contributed by atoms with Crippen LogP contribution in [0.4, 0.5) is 8.78 Å². The third-order valence-corrected chi connectivity index (χ3v) is 3.52. The Kier molecular flexibility index (Phi) is 3.29. The number of aliphatic hydroxyl groups excluding tert-OH is 1. The molecule has 3 rings (SSSR count). The van der Waals surface area contributed by atoms with Crippen LogP contribution in [-0.4, -0.2) is 51.0 Å². The normalized spacial score (nSPS) is 20.9. The predicted octanol–water partition coefficient (Wildman–Crippen LogP) is 1.47. The Hall–Kier alpha value is -2.15. The molecule has 1 aromatic carbocycles. The van der Waals surface area contributed by atoms with Gasteiger partial charge in [0, 0.05) is 6.42 Å². The van der Waals surface area contributed by atoms with Crippen molar-refractivity contribution in [3.63, 3.8) is 0 Å². The highest BCUT2D eigenvalue weighted by Gasteiger charge is 2.47. The van der Waals surface area contributed by atoms with Crippen molar-refractivity contribution >= 4 is 16.9 Å². The summed E-state index contributed by atoms with van der Waals surface area (Å²) in [5.41, 5.74) is 1.15. The minimum absolute atomic E-state index is 0.00449. The minimum atomic E-state index is -2.98. The molecule has 0 spiro atoms. The van der Waals surface area contributed by atoms with Crippen molar-refractivity contribution in [2.45, 2.75) is 18.4 Å². The molecule has 0 saturated carbocycles. The Morgan fingerprint density at radius 3 is 2.81 bits per heavy atom. The maximum Gasteiger partial charge on any atom is 0.274 e. The first kappa shape index (κ1) is 13.8. The van der Waals surface area contributed by atoms with Crippen LogP contribution in [0.5, 0.6) is 0 Å². The molecular weight excluding hydrogens is 280 g/mol. The number of fused-ring (bicyclic) bond motifs is 1. The van der Waals surface area contributed by atoms with Crippen LogP contribution >= 0.6 is 0 Å². The van der Waals surface area contributed by atoms with Gasteiger partial charge in [-0.15, -0.1) is 0 Å². The maximum atomic E-state index is 13.4. The van der Waals surface area contributed by atoms with Crippen LogP contribution < -0.4 is 0 Å². The highest BCUT2D eigenvalue weighted by atomic mass is 19.3. The number of benzene rings is 1. The molecule has 5 nitrogen and oxygen atoms in total. The molecule has 2 aromatic rings. The molecule has 0 aliphatic carbocycles. The number of halogens is 2. The zero-order valence-electron chi connectivity index (χ0n) is 11.0. The van der Waals surface area contributed by atoms with Crippen molar-refractivity contribution in [3.8, 4) is 0 Å². The smallest absolute Gasteiger partial charge is 0.274 e. The van der Waals surface area contributed by atoms with E-state index in [1.54, 1.807) is 24.3 Å². The van der Waals surface area contributed by atoms with Gasteiger partial charge in [-0.05, 0) is 12.1 Å². The number of likely N-dealkylation sites (tertiary alicyclic amines) is 1. The number of rotatable bonds is 2. The first-order chi connectivity index (χ1) is 10.00. The van der Waals surface area contributed by atoms with Gasteiger partial charge in [-0.3, -0.25) is 9.78 Å². The van der Waals surface area contributed by atoms with E-state index in [1.165, 1.54) is 6.20 Å². The average molecular weight is 293 g/mol. The fraction of sp³-hybridized carbons (Fsp3) is 0.357. The van der Waals surface area contributed by atoms with E-state index in [9.17, 15) is 18.7 Å². The molecule has 1 N–H and O–H groups in total. The lowest BCUT2D eigenvalue weighted by atomic mass is 10.2. The molecule has 1 aliphatic rings. The molecule has 21 heavy (non-hydrogen) atoms. The summed E-state index contributed by atoms with van der Waals surface area (Å²) in [6.45, 7) is -1.20. The number of aromatic nitrogens is 2. The van der Waals surface area contributed by atoms with E-state index in [-0.39, 0.29) is 5.69 Å². The summed E-state index contributed by atoms with van der Waals surface area (Å²) in [6, 6.07) is 6.10. The number of amides is 1. The average Bonchev–Trinajstić information content (AvgIpc) is 2.81. The molecule has 1 amide bonds. The number of hydrogen-bond acceptors (Lipinski definition) is 4. The molecule has 1 unspecified atom stereocenters. The van der Waals surface area contributed by atoms with Gasteiger partial charge in [0.05, 0.1) is 36.4 Å². The molecule has 2 heterocycles. The lowest BCUT2D eigenvalue weighted by Gasteiger charge is -2.21. The Morgan fingerprint density at radius 1 is 1.38 bits per heavy atom. The molecule has 110 valence electrons. The monoisotopic (exact) mass is 293 g/mol. The first-order valence-corrected chi connectivity index (χ1v) is 6.51. The van der Waals surface area contributed by atoms with Crippen molar-refractivity contribution in [1.29, 1.82) is 0 Å². The third kappa shape index (κ3) is 2.56. The molecule has 1 aromatic heterocycles. The van der Waals surface area contributed by atoms with Gasteiger partial charge in [-0.2, -0.15) is 0 Å². The second kappa shape index (κ2) is 5.00. The largest absolute Gasteiger partial charge is 0.394 e. The minimum Gasteiger partial charge on any atom is -0.394 e. The number of aliphatic hydroxyl groups is 1. The lowest BCUT2D eigenvalue weighted by molar-refractivity contribution is 0.0115. The van der Waals surface area contributed by atoms with Crippen LogP contribution in [0.15, 0.2) is 30.5 Å². The van der Waals surface area contributed by atoms with Crippen molar-refractivity contribution in [3.05, 3.63) is 36.2 Å². The molecular formula is C14H13F2N3O2. The van der Waals surface area contributed by atoms with E-state index in [1.807, 2.05) is 0 Å². The second-order valence-electron chi connectivity index (χ2n) is 5.07. The lowest BCUT2D eigenvalue weighted by Crippen LogP contribution is -2.38. The van der Waals surface area contributed by atoms with Crippen LogP contribution in [0.2, 0.25) is 0 Å². The quantitative estimate of drug-likeness (QED) is 0.910. The Balaban J connectivity index is 1.93. The van der Waals surface area contributed by atoms with Gasteiger partial charge in [0.15, 0.2) is 0 Å². The number of nitrogens with zero attached hydrogens (tertiary/aromatic N) is 3. The summed E-state index contributed by atoms with van der Waals surface area (Å²) in [7, 11) is 0. The van der Waals surface area contributed by atoms with E-state index in [4.69, 9.17) is 0 Å². The van der Waals surface area contributed by atoms with Gasteiger partial charge in [-0.25, -0.2) is 13.8 Å². The first-order valence-electron chi connectivity index (χ1n) is 6.51. The van der Waals surface area contributed by atoms with Gasteiger partial charge in [0.2, 0.25) is 0 Å². The summed E-state index contributed by atoms with van der Waals surface area (Å²) < 4.78 is 26.8. The maximum absolute atomic E-state index is 13.4. The number of hydrogen-bond donors (Lipinski definition) is 1. The van der Waals surface area contributed by atoms with Gasteiger partial charge >= 0.3 is 0 Å².